The zero-order valence-corrected chi connectivity index (χ0v) is 18.9. The number of halogens is 5. The first-order valence-electron chi connectivity index (χ1n) is 9.26. The third-order valence-corrected chi connectivity index (χ3v) is 5.26. The monoisotopic (exact) mass is 515 g/mol. The van der Waals surface area contributed by atoms with E-state index in [4.69, 9.17) is 11.6 Å². The maximum absolute atomic E-state index is 14.0. The van der Waals surface area contributed by atoms with E-state index in [1.807, 2.05) is 0 Å². The fraction of sp³-hybridized carbons (Fsp3) is 0.158. The molecule has 0 aromatic carbocycles. The molecule has 178 valence electrons. The molecule has 0 aliphatic heterocycles. The number of carbonyl (C=O) groups excluding carboxylic acids is 1. The second kappa shape index (κ2) is 8.36. The summed E-state index contributed by atoms with van der Waals surface area (Å²) < 4.78 is 73.1. The van der Waals surface area contributed by atoms with Gasteiger partial charge in [0.25, 0.3) is 5.91 Å². The average molecular weight is 516 g/mol. The Hall–Kier alpha value is -3.52. The Bertz CT molecular complexity index is 1550. The standard InChI is InChI=1S/C19H14ClF4N7O2S/c1-34(2,33)29-16-12(20)7-10(8-26-16)28-18(32)11-9-27-31(15(11)19(22,23)24)14-4-3-13(21)17-25-5-6-30(14)17/h3-9H,1-2H3,(H,28,32). The first-order chi connectivity index (χ1) is 15.8. The van der Waals surface area contributed by atoms with E-state index >= 15 is 0 Å². The summed E-state index contributed by atoms with van der Waals surface area (Å²) >= 11 is 6.04. The van der Waals surface area contributed by atoms with Crippen molar-refractivity contribution in [2.75, 3.05) is 17.8 Å². The van der Waals surface area contributed by atoms with Crippen molar-refractivity contribution in [1.82, 2.24) is 24.1 Å². The molecule has 0 atom stereocenters. The van der Waals surface area contributed by atoms with Gasteiger partial charge < -0.3 is 5.32 Å². The number of fused-ring (bicyclic) bond motifs is 1. The molecule has 0 aliphatic carbocycles. The van der Waals surface area contributed by atoms with Crippen molar-refractivity contribution < 1.29 is 26.6 Å². The normalized spacial score (nSPS) is 12.2. The summed E-state index contributed by atoms with van der Waals surface area (Å²) in [7, 11) is -2.56. The number of imidazole rings is 1. The molecule has 0 bridgehead atoms. The Labute approximate surface area is 194 Å². The number of nitrogens with one attached hydrogen (secondary N) is 1. The van der Waals surface area contributed by atoms with E-state index in [0.29, 0.717) is 4.68 Å². The van der Waals surface area contributed by atoms with Gasteiger partial charge in [-0.15, -0.1) is 0 Å². The van der Waals surface area contributed by atoms with Crippen LogP contribution in [0.5, 0.6) is 0 Å². The van der Waals surface area contributed by atoms with E-state index in [2.05, 4.69) is 24.7 Å². The van der Waals surface area contributed by atoms with E-state index in [1.165, 1.54) is 31.0 Å². The highest BCUT2D eigenvalue weighted by Crippen LogP contribution is 2.34. The van der Waals surface area contributed by atoms with Gasteiger partial charge in [0, 0.05) is 34.6 Å². The second-order valence-corrected chi connectivity index (χ2v) is 10.2. The van der Waals surface area contributed by atoms with Gasteiger partial charge in [0.05, 0.1) is 28.7 Å². The van der Waals surface area contributed by atoms with Crippen molar-refractivity contribution in [3.63, 3.8) is 0 Å². The number of anilines is 1. The van der Waals surface area contributed by atoms with Crippen molar-refractivity contribution in [2.24, 2.45) is 4.36 Å². The minimum Gasteiger partial charge on any atom is -0.320 e. The fourth-order valence-corrected chi connectivity index (χ4v) is 3.89. The number of pyridine rings is 2. The summed E-state index contributed by atoms with van der Waals surface area (Å²) in [6, 6.07) is 3.24. The third-order valence-electron chi connectivity index (χ3n) is 4.37. The summed E-state index contributed by atoms with van der Waals surface area (Å²) in [4.78, 5) is 20.4. The van der Waals surface area contributed by atoms with E-state index in [0.717, 1.165) is 28.9 Å². The smallest absolute Gasteiger partial charge is 0.320 e. The Kier molecular flexibility index (Phi) is 5.81. The molecule has 0 spiro atoms. The predicted octanol–water partition coefficient (Wildman–Crippen LogP) is 4.34. The lowest BCUT2D eigenvalue weighted by Crippen LogP contribution is -2.21. The lowest BCUT2D eigenvalue weighted by atomic mass is 10.2. The maximum atomic E-state index is 14.0. The molecule has 0 aliphatic rings. The van der Waals surface area contributed by atoms with Crippen LogP contribution >= 0.6 is 11.6 Å². The van der Waals surface area contributed by atoms with Gasteiger partial charge in [0.2, 0.25) is 0 Å². The highest BCUT2D eigenvalue weighted by molar-refractivity contribution is 7.92. The molecule has 4 aromatic rings. The van der Waals surface area contributed by atoms with Gasteiger partial charge in [-0.2, -0.15) is 22.6 Å². The molecule has 0 fully saturated rings. The molecule has 15 heteroatoms. The van der Waals surface area contributed by atoms with Gasteiger partial charge in [-0.25, -0.2) is 23.2 Å². The molecule has 0 saturated carbocycles. The Balaban J connectivity index is 1.74. The molecule has 4 rings (SSSR count). The number of rotatable bonds is 4. The van der Waals surface area contributed by atoms with Crippen LogP contribution in [0.3, 0.4) is 0 Å². The summed E-state index contributed by atoms with van der Waals surface area (Å²) in [5, 5.41) is 5.94. The Morgan fingerprint density at radius 1 is 1.21 bits per heavy atom. The van der Waals surface area contributed by atoms with E-state index in [9.17, 15) is 26.6 Å². The van der Waals surface area contributed by atoms with Crippen molar-refractivity contribution in [1.29, 1.82) is 0 Å². The lowest BCUT2D eigenvalue weighted by Gasteiger charge is -2.14. The van der Waals surface area contributed by atoms with Crippen molar-refractivity contribution in [2.45, 2.75) is 6.18 Å². The molecule has 1 N–H and O–H groups in total. The molecule has 34 heavy (non-hydrogen) atoms. The van der Waals surface area contributed by atoms with Crippen LogP contribution in [-0.4, -0.2) is 46.8 Å². The zero-order chi connectivity index (χ0) is 24.8. The molecule has 0 radical (unpaired) electrons. The highest BCUT2D eigenvalue weighted by Gasteiger charge is 2.41. The largest absolute Gasteiger partial charge is 0.434 e. The molecular weight excluding hydrogens is 502 g/mol. The number of aromatic nitrogens is 5. The molecule has 4 aromatic heterocycles. The van der Waals surface area contributed by atoms with Gasteiger partial charge in [0.1, 0.15) is 5.82 Å². The van der Waals surface area contributed by atoms with Gasteiger partial charge in [-0.1, -0.05) is 11.6 Å². The topological polar surface area (TPSA) is 107 Å². The summed E-state index contributed by atoms with van der Waals surface area (Å²) in [5.41, 5.74) is -2.40. The minimum atomic E-state index is -4.99. The maximum Gasteiger partial charge on any atom is 0.434 e. The molecular formula is C19H14ClF4N7O2S. The van der Waals surface area contributed by atoms with Crippen LogP contribution in [0.25, 0.3) is 11.5 Å². The second-order valence-electron chi connectivity index (χ2n) is 7.23. The van der Waals surface area contributed by atoms with E-state index in [1.54, 1.807) is 0 Å². The molecule has 0 saturated heterocycles. The first-order valence-corrected chi connectivity index (χ1v) is 12.0. The van der Waals surface area contributed by atoms with Crippen LogP contribution < -0.4 is 5.32 Å². The van der Waals surface area contributed by atoms with Crippen molar-refractivity contribution in [3.05, 3.63) is 65.1 Å². The van der Waals surface area contributed by atoms with Crippen molar-refractivity contribution in [3.8, 4) is 5.82 Å². The summed E-state index contributed by atoms with van der Waals surface area (Å²) in [6.07, 6.45) is 2.08. The van der Waals surface area contributed by atoms with Crippen LogP contribution in [-0.2, 0) is 15.9 Å². The number of hydrogen-bond acceptors (Lipinski definition) is 6. The number of carbonyl (C=O) groups is 1. The summed E-state index contributed by atoms with van der Waals surface area (Å²) in [6.45, 7) is 0. The van der Waals surface area contributed by atoms with Crippen LogP contribution in [0.2, 0.25) is 5.02 Å². The SMILES string of the molecule is CS(C)(=O)=Nc1ncc(NC(=O)c2cnn(-c3ccc(F)c4nccn34)c2C(F)(F)F)cc1Cl. The van der Waals surface area contributed by atoms with Crippen molar-refractivity contribution >= 4 is 44.4 Å². The number of alkyl halides is 3. The molecule has 1 amide bonds. The van der Waals surface area contributed by atoms with Crippen LogP contribution in [0.4, 0.5) is 29.1 Å². The predicted molar refractivity (Wildman–Crippen MR) is 117 cm³/mol. The molecule has 4 heterocycles. The fourth-order valence-electron chi connectivity index (χ4n) is 3.07. The quantitative estimate of drug-likeness (QED) is 0.407. The lowest BCUT2D eigenvalue weighted by molar-refractivity contribution is -0.143. The zero-order valence-electron chi connectivity index (χ0n) is 17.3. The number of amides is 1. The van der Waals surface area contributed by atoms with E-state index < -0.39 is 38.9 Å². The summed E-state index contributed by atoms with van der Waals surface area (Å²) in [5.74, 6) is -2.10. The Morgan fingerprint density at radius 3 is 2.59 bits per heavy atom. The van der Waals surface area contributed by atoms with Crippen LogP contribution in [0, 0.1) is 5.82 Å². The molecule has 9 nitrogen and oxygen atoms in total. The minimum absolute atomic E-state index is 0.0210. The van der Waals surface area contributed by atoms with Crippen LogP contribution in [0.15, 0.2) is 47.3 Å². The van der Waals surface area contributed by atoms with Gasteiger partial charge in [0.15, 0.2) is 23.0 Å². The Morgan fingerprint density at radius 2 is 1.94 bits per heavy atom. The van der Waals surface area contributed by atoms with E-state index in [-0.39, 0.29) is 28.0 Å². The number of nitrogens with zero attached hydrogens (tertiary/aromatic N) is 6. The first kappa shape index (κ1) is 23.6. The van der Waals surface area contributed by atoms with Crippen LogP contribution in [0.1, 0.15) is 16.1 Å². The highest BCUT2D eigenvalue weighted by atomic mass is 35.5. The van der Waals surface area contributed by atoms with Gasteiger partial charge >= 0.3 is 6.18 Å². The molecule has 0 unspecified atom stereocenters. The van der Waals surface area contributed by atoms with Gasteiger partial charge in [-0.3, -0.25) is 9.20 Å². The van der Waals surface area contributed by atoms with Gasteiger partial charge in [-0.05, 0) is 18.2 Å². The average Bonchev–Trinajstić information content (AvgIpc) is 3.37. The third kappa shape index (κ3) is 4.59. The number of hydrogen-bond donors (Lipinski definition) is 1.